The summed E-state index contributed by atoms with van der Waals surface area (Å²) in [6, 6.07) is 0. The van der Waals surface area contributed by atoms with Crippen LogP contribution in [0.5, 0.6) is 0 Å². The lowest BCUT2D eigenvalue weighted by Gasteiger charge is -2.33. The Kier molecular flexibility index (Phi) is 5.69. The van der Waals surface area contributed by atoms with Gasteiger partial charge in [0.05, 0.1) is 12.7 Å². The number of likely N-dealkylation sites (N-methyl/N-ethyl adjacent to an activating group) is 1. The number of rotatable bonds is 7. The molecule has 1 fully saturated rings. The number of hydrogen-bond acceptors (Lipinski definition) is 4. The zero-order valence-electron chi connectivity index (χ0n) is 10.6. The maximum absolute atomic E-state index is 9.65. The van der Waals surface area contributed by atoms with E-state index in [1.807, 2.05) is 0 Å². The van der Waals surface area contributed by atoms with Crippen molar-refractivity contribution >= 4 is 0 Å². The summed E-state index contributed by atoms with van der Waals surface area (Å²) in [5.41, 5.74) is 6.19. The highest BCUT2D eigenvalue weighted by molar-refractivity contribution is 4.88. The molecule has 3 N–H and O–H groups in total. The first-order chi connectivity index (χ1) is 7.62. The molecule has 0 spiro atoms. The molecule has 0 aromatic heterocycles. The summed E-state index contributed by atoms with van der Waals surface area (Å²) >= 11 is 0. The Hall–Kier alpha value is -0.160. The molecule has 1 rings (SSSR count). The lowest BCUT2D eigenvalue weighted by atomic mass is 9.86. The fraction of sp³-hybridized carbons (Fsp3) is 1.00. The quantitative estimate of drug-likeness (QED) is 0.666. The third-order valence-electron chi connectivity index (χ3n) is 3.58. The molecule has 4 heteroatoms. The molecule has 0 radical (unpaired) electrons. The smallest absolute Gasteiger partial charge is 0.0899 e. The van der Waals surface area contributed by atoms with Crippen LogP contribution in [0.2, 0.25) is 0 Å². The van der Waals surface area contributed by atoms with Gasteiger partial charge in [0, 0.05) is 20.2 Å². The predicted molar refractivity (Wildman–Crippen MR) is 65.3 cm³/mol. The third kappa shape index (κ3) is 4.01. The molecule has 1 unspecified atom stereocenters. The third-order valence-corrected chi connectivity index (χ3v) is 3.58. The van der Waals surface area contributed by atoms with Gasteiger partial charge in [-0.05, 0) is 31.8 Å². The highest BCUT2D eigenvalue weighted by Crippen LogP contribution is 2.37. The van der Waals surface area contributed by atoms with E-state index in [1.54, 1.807) is 7.11 Å². The van der Waals surface area contributed by atoms with Crippen LogP contribution in [0.4, 0.5) is 0 Å². The van der Waals surface area contributed by atoms with Crippen molar-refractivity contribution in [3.63, 3.8) is 0 Å². The van der Waals surface area contributed by atoms with Crippen molar-refractivity contribution in [2.24, 2.45) is 11.1 Å². The average molecular weight is 230 g/mol. The van der Waals surface area contributed by atoms with Crippen LogP contribution in [0.15, 0.2) is 0 Å². The standard InChI is InChI=1S/C12H26N2O2/c1-14(7-11(15)8-16-2)10-12(9-13)5-3-4-6-12/h11,15H,3-10,13H2,1-2H3. The Morgan fingerprint density at radius 1 is 1.44 bits per heavy atom. The molecule has 0 aromatic rings. The lowest BCUT2D eigenvalue weighted by Crippen LogP contribution is -2.42. The molecular weight excluding hydrogens is 204 g/mol. The second-order valence-electron chi connectivity index (χ2n) is 5.22. The van der Waals surface area contributed by atoms with E-state index in [4.69, 9.17) is 10.5 Å². The molecule has 1 saturated carbocycles. The van der Waals surface area contributed by atoms with Crippen molar-refractivity contribution in [2.45, 2.75) is 31.8 Å². The largest absolute Gasteiger partial charge is 0.389 e. The van der Waals surface area contributed by atoms with E-state index < -0.39 is 6.10 Å². The fourth-order valence-corrected chi connectivity index (χ4v) is 2.79. The first-order valence-corrected chi connectivity index (χ1v) is 6.17. The van der Waals surface area contributed by atoms with Gasteiger partial charge in [0.15, 0.2) is 0 Å². The zero-order chi connectivity index (χ0) is 12.0. The number of aliphatic hydroxyl groups excluding tert-OH is 1. The van der Waals surface area contributed by atoms with E-state index in [2.05, 4.69) is 11.9 Å². The van der Waals surface area contributed by atoms with Gasteiger partial charge in [-0.1, -0.05) is 12.8 Å². The highest BCUT2D eigenvalue weighted by Gasteiger charge is 2.33. The van der Waals surface area contributed by atoms with Crippen molar-refractivity contribution in [3.05, 3.63) is 0 Å². The summed E-state index contributed by atoms with van der Waals surface area (Å²) in [6.07, 6.45) is 4.66. The van der Waals surface area contributed by atoms with E-state index >= 15 is 0 Å². The molecule has 4 nitrogen and oxygen atoms in total. The number of hydrogen-bond donors (Lipinski definition) is 2. The van der Waals surface area contributed by atoms with Crippen molar-refractivity contribution < 1.29 is 9.84 Å². The van der Waals surface area contributed by atoms with Gasteiger partial charge in [-0.15, -0.1) is 0 Å². The van der Waals surface area contributed by atoms with Crippen LogP contribution >= 0.6 is 0 Å². The summed E-state index contributed by atoms with van der Waals surface area (Å²) in [7, 11) is 3.66. The average Bonchev–Trinajstić information content (AvgIpc) is 2.67. The molecule has 0 heterocycles. The maximum Gasteiger partial charge on any atom is 0.0899 e. The van der Waals surface area contributed by atoms with E-state index in [1.165, 1.54) is 25.7 Å². The van der Waals surface area contributed by atoms with Gasteiger partial charge in [0.1, 0.15) is 0 Å². The van der Waals surface area contributed by atoms with E-state index in [0.717, 1.165) is 13.1 Å². The van der Waals surface area contributed by atoms with Crippen molar-refractivity contribution in [2.75, 3.05) is 40.4 Å². The summed E-state index contributed by atoms with van der Waals surface area (Å²) in [4.78, 5) is 2.18. The van der Waals surface area contributed by atoms with Gasteiger partial charge < -0.3 is 20.5 Å². The summed E-state index contributed by atoms with van der Waals surface area (Å²) < 4.78 is 4.92. The molecule has 1 atom stereocenters. The molecule has 96 valence electrons. The topological polar surface area (TPSA) is 58.7 Å². The summed E-state index contributed by atoms with van der Waals surface area (Å²) in [5.74, 6) is 0. The van der Waals surface area contributed by atoms with Crippen LogP contribution in [-0.2, 0) is 4.74 Å². The Balaban J connectivity index is 2.34. The normalized spacial score (nSPS) is 21.6. The molecule has 0 saturated heterocycles. The molecule has 0 amide bonds. The minimum absolute atomic E-state index is 0.293. The van der Waals surface area contributed by atoms with E-state index in [9.17, 15) is 5.11 Å². The second kappa shape index (κ2) is 6.55. The molecule has 1 aliphatic rings. The molecule has 0 aliphatic heterocycles. The lowest BCUT2D eigenvalue weighted by molar-refractivity contribution is 0.0343. The predicted octanol–water partition coefficient (Wildman–Crippen LogP) is 0.445. The van der Waals surface area contributed by atoms with Crippen LogP contribution in [0.3, 0.4) is 0 Å². The van der Waals surface area contributed by atoms with Gasteiger partial charge in [-0.25, -0.2) is 0 Å². The van der Waals surface area contributed by atoms with Gasteiger partial charge >= 0.3 is 0 Å². The second-order valence-corrected chi connectivity index (χ2v) is 5.22. The molecule has 1 aliphatic carbocycles. The number of nitrogens with two attached hydrogens (primary N) is 1. The van der Waals surface area contributed by atoms with Gasteiger partial charge in [-0.3, -0.25) is 0 Å². The molecular formula is C12H26N2O2. The highest BCUT2D eigenvalue weighted by atomic mass is 16.5. The molecule has 16 heavy (non-hydrogen) atoms. The van der Waals surface area contributed by atoms with Crippen LogP contribution in [0.1, 0.15) is 25.7 Å². The first kappa shape index (κ1) is 13.9. The maximum atomic E-state index is 9.65. The first-order valence-electron chi connectivity index (χ1n) is 6.17. The van der Waals surface area contributed by atoms with Crippen LogP contribution in [0, 0.1) is 5.41 Å². The Morgan fingerprint density at radius 3 is 2.56 bits per heavy atom. The minimum atomic E-state index is -0.397. The minimum Gasteiger partial charge on any atom is -0.389 e. The van der Waals surface area contributed by atoms with Crippen molar-refractivity contribution in [1.82, 2.24) is 4.90 Å². The number of aliphatic hydroxyl groups is 1. The van der Waals surface area contributed by atoms with Gasteiger partial charge in [0.25, 0.3) is 0 Å². The SMILES string of the molecule is COCC(O)CN(C)CC1(CN)CCCC1. The van der Waals surface area contributed by atoms with Crippen molar-refractivity contribution in [1.29, 1.82) is 0 Å². The van der Waals surface area contributed by atoms with Crippen LogP contribution in [-0.4, -0.2) is 56.5 Å². The van der Waals surface area contributed by atoms with E-state index in [-0.39, 0.29) is 0 Å². The molecule has 0 bridgehead atoms. The Labute approximate surface area is 98.8 Å². The molecule has 0 aromatic carbocycles. The number of ether oxygens (including phenoxy) is 1. The van der Waals surface area contributed by atoms with Gasteiger partial charge in [-0.2, -0.15) is 0 Å². The van der Waals surface area contributed by atoms with Crippen LogP contribution < -0.4 is 5.73 Å². The van der Waals surface area contributed by atoms with Gasteiger partial charge in [0.2, 0.25) is 0 Å². The fourth-order valence-electron chi connectivity index (χ4n) is 2.79. The zero-order valence-corrected chi connectivity index (χ0v) is 10.6. The summed E-state index contributed by atoms with van der Waals surface area (Å²) in [5, 5.41) is 9.65. The Morgan fingerprint density at radius 2 is 2.06 bits per heavy atom. The van der Waals surface area contributed by atoms with Crippen LogP contribution in [0.25, 0.3) is 0 Å². The Bertz CT molecular complexity index is 193. The number of methoxy groups -OCH3 is 1. The monoisotopic (exact) mass is 230 g/mol. The summed E-state index contributed by atoms with van der Waals surface area (Å²) in [6.45, 7) is 2.82. The van der Waals surface area contributed by atoms with Crippen molar-refractivity contribution in [3.8, 4) is 0 Å². The van der Waals surface area contributed by atoms with E-state index in [0.29, 0.717) is 18.6 Å². The number of nitrogens with zero attached hydrogens (tertiary/aromatic N) is 1.